The van der Waals surface area contributed by atoms with Crippen molar-refractivity contribution < 1.29 is 9.53 Å². The van der Waals surface area contributed by atoms with Gasteiger partial charge in [0.25, 0.3) is 5.91 Å². The van der Waals surface area contributed by atoms with E-state index in [1.165, 1.54) is 12.8 Å². The van der Waals surface area contributed by atoms with Gasteiger partial charge in [-0.15, -0.1) is 0 Å². The average Bonchev–Trinajstić information content (AvgIpc) is 3.28. The summed E-state index contributed by atoms with van der Waals surface area (Å²) < 4.78 is 5.90. The first-order valence-electron chi connectivity index (χ1n) is 8.19. The van der Waals surface area contributed by atoms with Crippen LogP contribution in [0.1, 0.15) is 50.7 Å². The van der Waals surface area contributed by atoms with Crippen LogP contribution in [0.4, 0.5) is 0 Å². The fraction of sp³-hybridized carbons (Fsp3) is 0.611. The van der Waals surface area contributed by atoms with Gasteiger partial charge >= 0.3 is 0 Å². The number of nitrogens with one attached hydrogen (secondary N) is 1. The van der Waals surface area contributed by atoms with Crippen molar-refractivity contribution in [1.82, 2.24) is 5.32 Å². The summed E-state index contributed by atoms with van der Waals surface area (Å²) in [6, 6.07) is 6.21. The van der Waals surface area contributed by atoms with Crippen LogP contribution in [0.2, 0.25) is 0 Å². The van der Waals surface area contributed by atoms with E-state index < -0.39 is 6.10 Å². The fourth-order valence-electron chi connectivity index (χ4n) is 2.52. The Kier molecular flexibility index (Phi) is 5.46. The molecule has 0 bridgehead atoms. The van der Waals surface area contributed by atoms with Crippen molar-refractivity contribution in [2.45, 2.75) is 58.6 Å². The number of hydrogen-bond acceptors (Lipinski definition) is 3. The van der Waals surface area contributed by atoms with Crippen LogP contribution in [0.3, 0.4) is 0 Å². The van der Waals surface area contributed by atoms with Gasteiger partial charge in [0, 0.05) is 12.6 Å². The van der Waals surface area contributed by atoms with Gasteiger partial charge in [-0.3, -0.25) is 4.79 Å². The highest BCUT2D eigenvalue weighted by Crippen LogP contribution is 2.31. The number of aryl methyl sites for hydroxylation is 1. The normalized spacial score (nSPS) is 17.2. The topological polar surface area (TPSA) is 64.3 Å². The minimum absolute atomic E-state index is 0.0707. The summed E-state index contributed by atoms with van der Waals surface area (Å²) in [4.78, 5) is 12.2. The molecule has 4 heteroatoms. The van der Waals surface area contributed by atoms with Crippen LogP contribution in [0.25, 0.3) is 0 Å². The van der Waals surface area contributed by atoms with Gasteiger partial charge in [-0.1, -0.05) is 26.0 Å². The predicted octanol–water partition coefficient (Wildman–Crippen LogP) is 2.74. The molecule has 0 saturated heterocycles. The number of benzene rings is 1. The maximum absolute atomic E-state index is 12.2. The summed E-state index contributed by atoms with van der Waals surface area (Å²) in [6.45, 7) is 8.58. The standard InChI is InChI=1S/C18H28N2O2/c1-11(2)15-8-5-12(3)9-17(15)22-13(4)18(21)20-10-16(19)14-6-7-14/h5,8-9,11,13-14,16H,6-7,10,19H2,1-4H3,(H,20,21). The highest BCUT2D eigenvalue weighted by atomic mass is 16.5. The molecule has 3 N–H and O–H groups in total. The van der Waals surface area contributed by atoms with Crippen LogP contribution in [-0.2, 0) is 4.79 Å². The summed E-state index contributed by atoms with van der Waals surface area (Å²) in [5, 5.41) is 2.90. The van der Waals surface area contributed by atoms with Gasteiger partial charge in [0.1, 0.15) is 5.75 Å². The van der Waals surface area contributed by atoms with Crippen LogP contribution in [0.5, 0.6) is 5.75 Å². The molecule has 122 valence electrons. The van der Waals surface area contributed by atoms with E-state index in [0.29, 0.717) is 18.4 Å². The monoisotopic (exact) mass is 304 g/mol. The van der Waals surface area contributed by atoms with Gasteiger partial charge < -0.3 is 15.8 Å². The third kappa shape index (κ3) is 4.47. The first-order valence-corrected chi connectivity index (χ1v) is 8.19. The van der Waals surface area contributed by atoms with Gasteiger partial charge in [0.2, 0.25) is 0 Å². The molecule has 0 heterocycles. The van der Waals surface area contributed by atoms with Crippen LogP contribution in [0.15, 0.2) is 18.2 Å². The predicted molar refractivity (Wildman–Crippen MR) is 89.1 cm³/mol. The summed E-state index contributed by atoms with van der Waals surface area (Å²) in [6.07, 6.45) is 1.85. The molecule has 0 aliphatic heterocycles. The van der Waals surface area contributed by atoms with Gasteiger partial charge in [0.05, 0.1) is 0 Å². The number of hydrogen-bond donors (Lipinski definition) is 2. The minimum atomic E-state index is -0.522. The lowest BCUT2D eigenvalue weighted by Crippen LogP contribution is -2.43. The van der Waals surface area contributed by atoms with E-state index in [4.69, 9.17) is 10.5 Å². The van der Waals surface area contributed by atoms with Crippen LogP contribution in [0, 0.1) is 12.8 Å². The zero-order valence-corrected chi connectivity index (χ0v) is 14.1. The fourth-order valence-corrected chi connectivity index (χ4v) is 2.52. The molecule has 2 unspecified atom stereocenters. The molecule has 1 aliphatic rings. The van der Waals surface area contributed by atoms with E-state index in [1.807, 2.05) is 13.0 Å². The Morgan fingerprint density at radius 3 is 2.64 bits per heavy atom. The van der Waals surface area contributed by atoms with Crippen molar-refractivity contribution >= 4 is 5.91 Å². The zero-order valence-electron chi connectivity index (χ0n) is 14.1. The largest absolute Gasteiger partial charge is 0.481 e. The lowest BCUT2D eigenvalue weighted by atomic mass is 10.0. The second-order valence-corrected chi connectivity index (χ2v) is 6.70. The summed E-state index contributed by atoms with van der Waals surface area (Å²) >= 11 is 0. The van der Waals surface area contributed by atoms with Crippen molar-refractivity contribution in [2.75, 3.05) is 6.54 Å². The first-order chi connectivity index (χ1) is 10.4. The quantitative estimate of drug-likeness (QED) is 0.814. The molecular weight excluding hydrogens is 276 g/mol. The lowest BCUT2D eigenvalue weighted by molar-refractivity contribution is -0.127. The van der Waals surface area contributed by atoms with Crippen LogP contribution < -0.4 is 15.8 Å². The van der Waals surface area contributed by atoms with Crippen molar-refractivity contribution in [1.29, 1.82) is 0 Å². The SMILES string of the molecule is Cc1ccc(C(C)C)c(OC(C)C(=O)NCC(N)C2CC2)c1. The number of rotatable bonds is 7. The van der Waals surface area contributed by atoms with Gasteiger partial charge in [-0.2, -0.15) is 0 Å². The highest BCUT2D eigenvalue weighted by molar-refractivity contribution is 5.80. The van der Waals surface area contributed by atoms with E-state index in [-0.39, 0.29) is 11.9 Å². The molecule has 1 aromatic rings. The number of carbonyl (C=O) groups is 1. The molecule has 4 nitrogen and oxygen atoms in total. The van der Waals surface area contributed by atoms with E-state index in [2.05, 4.69) is 31.3 Å². The molecule has 1 fully saturated rings. The Hall–Kier alpha value is -1.55. The molecule has 2 atom stereocenters. The maximum atomic E-state index is 12.2. The molecule has 0 spiro atoms. The van der Waals surface area contributed by atoms with Crippen LogP contribution in [-0.4, -0.2) is 24.6 Å². The van der Waals surface area contributed by atoms with Crippen molar-refractivity contribution in [3.8, 4) is 5.75 Å². The first kappa shape index (κ1) is 16.8. The number of nitrogens with two attached hydrogens (primary N) is 1. The second kappa shape index (κ2) is 7.14. The molecular formula is C18H28N2O2. The Balaban J connectivity index is 1.93. The summed E-state index contributed by atoms with van der Waals surface area (Å²) in [5.41, 5.74) is 8.26. The molecule has 22 heavy (non-hydrogen) atoms. The van der Waals surface area contributed by atoms with Crippen LogP contribution >= 0.6 is 0 Å². The second-order valence-electron chi connectivity index (χ2n) is 6.70. The van der Waals surface area contributed by atoms with Gasteiger partial charge in [-0.05, 0) is 55.7 Å². The number of carbonyl (C=O) groups excluding carboxylic acids is 1. The highest BCUT2D eigenvalue weighted by Gasteiger charge is 2.29. The Morgan fingerprint density at radius 1 is 1.36 bits per heavy atom. The molecule has 1 aromatic carbocycles. The lowest BCUT2D eigenvalue weighted by Gasteiger charge is -2.20. The van der Waals surface area contributed by atoms with Crippen molar-refractivity contribution in [3.63, 3.8) is 0 Å². The summed E-state index contributed by atoms with van der Waals surface area (Å²) in [7, 11) is 0. The van der Waals surface area contributed by atoms with Gasteiger partial charge in [-0.25, -0.2) is 0 Å². The van der Waals surface area contributed by atoms with Gasteiger partial charge in [0.15, 0.2) is 6.10 Å². The Bertz CT molecular complexity index is 524. The summed E-state index contributed by atoms with van der Waals surface area (Å²) in [5.74, 6) is 1.63. The van der Waals surface area contributed by atoms with Crippen molar-refractivity contribution in [2.24, 2.45) is 11.7 Å². The molecule has 1 saturated carbocycles. The maximum Gasteiger partial charge on any atom is 0.260 e. The molecule has 0 aromatic heterocycles. The molecule has 1 aliphatic carbocycles. The third-order valence-corrected chi connectivity index (χ3v) is 4.20. The molecule has 0 radical (unpaired) electrons. The zero-order chi connectivity index (χ0) is 16.3. The number of amides is 1. The van der Waals surface area contributed by atoms with E-state index >= 15 is 0 Å². The van der Waals surface area contributed by atoms with E-state index in [9.17, 15) is 4.79 Å². The third-order valence-electron chi connectivity index (χ3n) is 4.20. The molecule has 1 amide bonds. The van der Waals surface area contributed by atoms with E-state index in [0.717, 1.165) is 16.9 Å². The average molecular weight is 304 g/mol. The smallest absolute Gasteiger partial charge is 0.260 e. The van der Waals surface area contributed by atoms with E-state index in [1.54, 1.807) is 6.92 Å². The van der Waals surface area contributed by atoms with Crippen molar-refractivity contribution in [3.05, 3.63) is 29.3 Å². The Morgan fingerprint density at radius 2 is 2.05 bits per heavy atom. The molecule has 2 rings (SSSR count). The Labute approximate surface area is 133 Å². The number of ether oxygens (including phenoxy) is 1. The minimum Gasteiger partial charge on any atom is -0.481 e.